The summed E-state index contributed by atoms with van der Waals surface area (Å²) >= 11 is 0. The third kappa shape index (κ3) is 3.17. The molecule has 0 aromatic heterocycles. The Balaban J connectivity index is 1.51. The summed E-state index contributed by atoms with van der Waals surface area (Å²) in [6.07, 6.45) is 5.23. The van der Waals surface area contributed by atoms with E-state index in [1.807, 2.05) is 41.3 Å². The van der Waals surface area contributed by atoms with Crippen LogP contribution in [0.25, 0.3) is 0 Å². The van der Waals surface area contributed by atoms with Crippen molar-refractivity contribution in [1.29, 1.82) is 5.26 Å². The quantitative estimate of drug-likeness (QED) is 0.892. The van der Waals surface area contributed by atoms with Crippen LogP contribution in [0.15, 0.2) is 48.5 Å². The molecule has 1 aliphatic carbocycles. The molecule has 2 aliphatic rings. The van der Waals surface area contributed by atoms with Crippen molar-refractivity contribution >= 4 is 11.7 Å². The highest BCUT2D eigenvalue weighted by atomic mass is 16.2. The minimum Gasteiger partial charge on any atom is -0.320 e. The van der Waals surface area contributed by atoms with Crippen LogP contribution < -0.4 is 5.32 Å². The molecule has 2 aromatic rings. The fourth-order valence-electron chi connectivity index (χ4n) is 4.28. The second kappa shape index (κ2) is 7.21. The van der Waals surface area contributed by atoms with Crippen molar-refractivity contribution in [2.75, 3.05) is 11.9 Å². The lowest BCUT2D eigenvalue weighted by atomic mass is 9.91. The van der Waals surface area contributed by atoms with Gasteiger partial charge < -0.3 is 10.2 Å². The second-order valence-corrected chi connectivity index (χ2v) is 7.19. The van der Waals surface area contributed by atoms with Gasteiger partial charge in [0.15, 0.2) is 0 Å². The Hall–Kier alpha value is -2.80. The summed E-state index contributed by atoms with van der Waals surface area (Å²) in [6, 6.07) is 18.3. The van der Waals surface area contributed by atoms with Gasteiger partial charge in [-0.1, -0.05) is 36.4 Å². The Morgan fingerprint density at radius 2 is 1.92 bits per heavy atom. The lowest BCUT2D eigenvalue weighted by molar-refractivity contribution is 0.203. The van der Waals surface area contributed by atoms with Crippen molar-refractivity contribution in [3.63, 3.8) is 0 Å². The summed E-state index contributed by atoms with van der Waals surface area (Å²) in [4.78, 5) is 14.7. The van der Waals surface area contributed by atoms with Crippen molar-refractivity contribution in [2.24, 2.45) is 0 Å². The van der Waals surface area contributed by atoms with E-state index in [4.69, 9.17) is 0 Å². The predicted molar refractivity (Wildman–Crippen MR) is 102 cm³/mol. The Morgan fingerprint density at radius 1 is 1.12 bits per heavy atom. The van der Waals surface area contributed by atoms with Crippen LogP contribution in [0.4, 0.5) is 10.5 Å². The summed E-state index contributed by atoms with van der Waals surface area (Å²) in [5.41, 5.74) is 4.59. The van der Waals surface area contributed by atoms with E-state index in [0.29, 0.717) is 6.54 Å². The molecule has 4 nitrogen and oxygen atoms in total. The Bertz CT molecular complexity index is 840. The van der Waals surface area contributed by atoms with Crippen molar-refractivity contribution in [2.45, 2.75) is 44.1 Å². The average Bonchev–Trinajstić information content (AvgIpc) is 3.32. The number of urea groups is 1. The van der Waals surface area contributed by atoms with Crippen molar-refractivity contribution in [1.82, 2.24) is 4.90 Å². The number of anilines is 1. The molecule has 0 saturated carbocycles. The number of hydrogen-bond acceptors (Lipinski definition) is 2. The molecule has 0 spiro atoms. The van der Waals surface area contributed by atoms with Crippen LogP contribution in [-0.2, 0) is 12.8 Å². The van der Waals surface area contributed by atoms with Crippen LogP contribution in [0.1, 0.15) is 41.9 Å². The molecule has 1 aliphatic heterocycles. The van der Waals surface area contributed by atoms with Gasteiger partial charge in [-0.15, -0.1) is 0 Å². The van der Waals surface area contributed by atoms with Gasteiger partial charge in [0.1, 0.15) is 0 Å². The molecule has 26 heavy (non-hydrogen) atoms. The first-order valence-electron chi connectivity index (χ1n) is 9.40. The van der Waals surface area contributed by atoms with Crippen LogP contribution in [-0.4, -0.2) is 23.5 Å². The first kappa shape index (κ1) is 16.7. The molecule has 4 rings (SSSR count). The number of nitrogens with zero attached hydrogens (tertiary/aromatic N) is 2. The number of amides is 2. The fourth-order valence-corrected chi connectivity index (χ4v) is 4.28. The second-order valence-electron chi connectivity index (χ2n) is 7.19. The third-order valence-corrected chi connectivity index (χ3v) is 5.59. The highest BCUT2D eigenvalue weighted by Gasteiger charge is 2.35. The smallest absolute Gasteiger partial charge is 0.320 e. The van der Waals surface area contributed by atoms with E-state index in [2.05, 4.69) is 23.5 Å². The van der Waals surface area contributed by atoms with Crippen molar-refractivity contribution < 1.29 is 4.79 Å². The fraction of sp³-hybridized carbons (Fsp3) is 0.364. The van der Waals surface area contributed by atoms with Crippen LogP contribution in [0, 0.1) is 11.3 Å². The molecule has 132 valence electrons. The summed E-state index contributed by atoms with van der Waals surface area (Å²) in [7, 11) is 0. The maximum Gasteiger partial charge on any atom is 0.322 e. The van der Waals surface area contributed by atoms with E-state index in [1.54, 1.807) is 0 Å². The standard InChI is InChI=1S/C22H23N3O/c23-15-20(17-6-2-1-3-7-17)21-10-5-13-25(21)22(26)24-19-12-11-16-8-4-9-18(16)14-19/h1-3,6-7,11-12,14,20-21H,4-5,8-10,13H2,(H,24,26). The number of nitriles is 1. The van der Waals surface area contributed by atoms with E-state index in [-0.39, 0.29) is 18.0 Å². The van der Waals surface area contributed by atoms with E-state index in [9.17, 15) is 10.1 Å². The largest absolute Gasteiger partial charge is 0.322 e. The maximum absolute atomic E-state index is 12.9. The summed E-state index contributed by atoms with van der Waals surface area (Å²) in [5, 5.41) is 12.8. The number of benzene rings is 2. The van der Waals surface area contributed by atoms with Crippen molar-refractivity contribution in [3.05, 3.63) is 65.2 Å². The van der Waals surface area contributed by atoms with Gasteiger partial charge in [0.05, 0.1) is 18.0 Å². The van der Waals surface area contributed by atoms with E-state index in [1.165, 1.54) is 17.5 Å². The predicted octanol–water partition coefficient (Wildman–Crippen LogP) is 4.48. The molecule has 1 N–H and O–H groups in total. The van der Waals surface area contributed by atoms with E-state index < -0.39 is 0 Å². The van der Waals surface area contributed by atoms with Gasteiger partial charge in [0.2, 0.25) is 0 Å². The van der Waals surface area contributed by atoms with Gasteiger partial charge in [-0.05, 0) is 60.9 Å². The molecule has 2 atom stereocenters. The molecule has 2 aromatic carbocycles. The maximum atomic E-state index is 12.9. The summed E-state index contributed by atoms with van der Waals surface area (Å²) in [6.45, 7) is 0.701. The number of rotatable bonds is 3. The molecule has 1 fully saturated rings. The van der Waals surface area contributed by atoms with Gasteiger partial charge in [0, 0.05) is 12.2 Å². The third-order valence-electron chi connectivity index (χ3n) is 5.59. The molecule has 1 saturated heterocycles. The Morgan fingerprint density at radius 3 is 2.73 bits per heavy atom. The first-order valence-corrected chi connectivity index (χ1v) is 9.40. The van der Waals surface area contributed by atoms with Gasteiger partial charge in [-0.3, -0.25) is 0 Å². The molecule has 0 bridgehead atoms. The zero-order valence-electron chi connectivity index (χ0n) is 14.8. The van der Waals surface area contributed by atoms with Gasteiger partial charge >= 0.3 is 6.03 Å². The molecule has 4 heteroatoms. The van der Waals surface area contributed by atoms with Gasteiger partial charge in [0.25, 0.3) is 0 Å². The van der Waals surface area contributed by atoms with Crippen LogP contribution in [0.5, 0.6) is 0 Å². The number of carbonyl (C=O) groups excluding carboxylic acids is 1. The van der Waals surface area contributed by atoms with E-state index >= 15 is 0 Å². The van der Waals surface area contributed by atoms with Gasteiger partial charge in [-0.25, -0.2) is 4.79 Å². The number of likely N-dealkylation sites (tertiary alicyclic amines) is 1. The zero-order valence-corrected chi connectivity index (χ0v) is 14.8. The lowest BCUT2D eigenvalue weighted by Gasteiger charge is -2.28. The molecular weight excluding hydrogens is 322 g/mol. The molecule has 1 heterocycles. The SMILES string of the molecule is N#CC(c1ccccc1)C1CCCN1C(=O)Nc1ccc2c(c1)CCC2. The van der Waals surface area contributed by atoms with Crippen LogP contribution in [0.2, 0.25) is 0 Å². The Kier molecular flexibility index (Phi) is 4.62. The first-order chi connectivity index (χ1) is 12.8. The van der Waals surface area contributed by atoms with E-state index in [0.717, 1.165) is 36.9 Å². The zero-order chi connectivity index (χ0) is 17.9. The monoisotopic (exact) mass is 345 g/mol. The van der Waals surface area contributed by atoms with Crippen LogP contribution >= 0.6 is 0 Å². The normalized spacial score (nSPS) is 19.7. The Labute approximate surface area is 154 Å². The molecule has 2 unspecified atom stereocenters. The molecule has 2 amide bonds. The topological polar surface area (TPSA) is 56.1 Å². The number of nitrogens with one attached hydrogen (secondary N) is 1. The number of carbonyl (C=O) groups is 1. The number of fused-ring (bicyclic) bond motifs is 1. The van der Waals surface area contributed by atoms with Gasteiger partial charge in [-0.2, -0.15) is 5.26 Å². The average molecular weight is 345 g/mol. The molecular formula is C22H23N3O. The highest BCUT2D eigenvalue weighted by Crippen LogP contribution is 2.32. The molecule has 0 radical (unpaired) electrons. The number of hydrogen-bond donors (Lipinski definition) is 1. The summed E-state index contributed by atoms with van der Waals surface area (Å²) in [5.74, 6) is -0.288. The van der Waals surface area contributed by atoms with Crippen molar-refractivity contribution in [3.8, 4) is 6.07 Å². The lowest BCUT2D eigenvalue weighted by Crippen LogP contribution is -2.41. The highest BCUT2D eigenvalue weighted by molar-refractivity contribution is 5.90. The number of aryl methyl sites for hydroxylation is 2. The minimum atomic E-state index is -0.288. The minimum absolute atomic E-state index is 0.0724. The van der Waals surface area contributed by atoms with Crippen LogP contribution in [0.3, 0.4) is 0 Å². The summed E-state index contributed by atoms with van der Waals surface area (Å²) < 4.78 is 0.